The standard InChI is InChI=1S/C15H22O6/c16-8-11(9-17)4-6-13(18)2-1-3-14(19)7-5-12-10-21-15(12)20/h8,11-12,17H,1-7,9-10H2. The van der Waals surface area contributed by atoms with Crippen molar-refractivity contribution < 1.29 is 29.0 Å². The molecule has 0 aromatic rings. The number of hydrogen-bond acceptors (Lipinski definition) is 6. The Hall–Kier alpha value is -1.56. The van der Waals surface area contributed by atoms with Crippen LogP contribution in [0.15, 0.2) is 0 Å². The highest BCUT2D eigenvalue weighted by Crippen LogP contribution is 2.19. The van der Waals surface area contributed by atoms with Crippen molar-refractivity contribution in [2.24, 2.45) is 11.8 Å². The van der Waals surface area contributed by atoms with Gasteiger partial charge in [0.1, 0.15) is 24.5 Å². The second-order valence-electron chi connectivity index (χ2n) is 5.41. The molecule has 6 heteroatoms. The molecule has 0 radical (unpaired) electrons. The van der Waals surface area contributed by atoms with Crippen molar-refractivity contribution in [2.45, 2.75) is 44.9 Å². The molecule has 1 heterocycles. The number of aliphatic hydroxyl groups excluding tert-OH is 1. The number of cyclic esters (lactones) is 1. The summed E-state index contributed by atoms with van der Waals surface area (Å²) >= 11 is 0. The number of carbonyl (C=O) groups excluding carboxylic acids is 4. The van der Waals surface area contributed by atoms with E-state index in [1.54, 1.807) is 0 Å². The minimum Gasteiger partial charge on any atom is -0.464 e. The third kappa shape index (κ3) is 6.62. The van der Waals surface area contributed by atoms with Crippen LogP contribution in [0.1, 0.15) is 44.9 Å². The summed E-state index contributed by atoms with van der Waals surface area (Å²) in [6.07, 6.45) is 3.30. The summed E-state index contributed by atoms with van der Waals surface area (Å²) in [7, 11) is 0. The van der Waals surface area contributed by atoms with Crippen molar-refractivity contribution in [3.63, 3.8) is 0 Å². The molecule has 1 aliphatic rings. The molecular formula is C15H22O6. The fraction of sp³-hybridized carbons (Fsp3) is 0.733. The molecule has 0 aliphatic carbocycles. The SMILES string of the molecule is O=CC(CO)CCC(=O)CCCC(=O)CCC1COC1=O. The maximum atomic E-state index is 11.6. The van der Waals surface area contributed by atoms with Crippen molar-refractivity contribution >= 4 is 23.8 Å². The topological polar surface area (TPSA) is 97.7 Å². The number of rotatable bonds is 12. The van der Waals surface area contributed by atoms with E-state index in [4.69, 9.17) is 5.11 Å². The van der Waals surface area contributed by atoms with Gasteiger partial charge in [-0.1, -0.05) is 0 Å². The van der Waals surface area contributed by atoms with Gasteiger partial charge in [-0.25, -0.2) is 0 Å². The predicted octanol–water partition coefficient (Wildman–Crippen LogP) is 0.836. The van der Waals surface area contributed by atoms with Gasteiger partial charge < -0.3 is 14.6 Å². The highest BCUT2D eigenvalue weighted by Gasteiger charge is 2.30. The first-order chi connectivity index (χ1) is 10.1. The first-order valence-corrected chi connectivity index (χ1v) is 7.33. The van der Waals surface area contributed by atoms with Gasteiger partial charge in [0.15, 0.2) is 0 Å². The molecule has 6 nitrogen and oxygen atoms in total. The molecule has 1 aliphatic heterocycles. The summed E-state index contributed by atoms with van der Waals surface area (Å²) < 4.78 is 4.62. The highest BCUT2D eigenvalue weighted by molar-refractivity contribution is 5.82. The van der Waals surface area contributed by atoms with Crippen LogP contribution >= 0.6 is 0 Å². The lowest BCUT2D eigenvalue weighted by Gasteiger charge is -2.23. The van der Waals surface area contributed by atoms with E-state index >= 15 is 0 Å². The van der Waals surface area contributed by atoms with Crippen LogP contribution in [-0.4, -0.2) is 42.1 Å². The van der Waals surface area contributed by atoms with E-state index in [-0.39, 0.29) is 36.5 Å². The molecule has 0 aromatic carbocycles. The number of Topliss-reactive ketones (excluding diaryl/α,β-unsaturated/α-hetero) is 2. The lowest BCUT2D eigenvalue weighted by Crippen LogP contribution is -2.34. The molecule has 0 aromatic heterocycles. The Morgan fingerprint density at radius 2 is 1.90 bits per heavy atom. The summed E-state index contributed by atoms with van der Waals surface area (Å²) in [6.45, 7) is 0.173. The van der Waals surface area contributed by atoms with Crippen molar-refractivity contribution in [3.05, 3.63) is 0 Å². The zero-order valence-corrected chi connectivity index (χ0v) is 12.1. The maximum absolute atomic E-state index is 11.6. The van der Waals surface area contributed by atoms with E-state index in [9.17, 15) is 19.2 Å². The number of ether oxygens (including phenoxy) is 1. The van der Waals surface area contributed by atoms with Crippen LogP contribution in [0.25, 0.3) is 0 Å². The van der Waals surface area contributed by atoms with Crippen molar-refractivity contribution in [2.75, 3.05) is 13.2 Å². The molecule has 1 N–H and O–H groups in total. The van der Waals surface area contributed by atoms with Gasteiger partial charge in [-0.15, -0.1) is 0 Å². The summed E-state index contributed by atoms with van der Waals surface area (Å²) in [5.74, 6) is -0.770. The smallest absolute Gasteiger partial charge is 0.312 e. The average Bonchev–Trinajstić information content (AvgIpc) is 2.46. The molecular weight excluding hydrogens is 276 g/mol. The highest BCUT2D eigenvalue weighted by atomic mass is 16.6. The van der Waals surface area contributed by atoms with E-state index < -0.39 is 5.92 Å². The van der Waals surface area contributed by atoms with E-state index in [1.807, 2.05) is 0 Å². The summed E-state index contributed by atoms with van der Waals surface area (Å²) in [5, 5.41) is 8.82. The van der Waals surface area contributed by atoms with Gasteiger partial charge in [0.25, 0.3) is 0 Å². The van der Waals surface area contributed by atoms with Crippen LogP contribution in [0.2, 0.25) is 0 Å². The van der Waals surface area contributed by atoms with Crippen LogP contribution in [-0.2, 0) is 23.9 Å². The van der Waals surface area contributed by atoms with E-state index in [1.165, 1.54) is 0 Å². The number of ketones is 2. The number of aldehydes is 1. The molecule has 0 amide bonds. The normalized spacial score (nSPS) is 18.5. The number of aliphatic hydroxyl groups is 1. The quantitative estimate of drug-likeness (QED) is 0.423. The lowest BCUT2D eigenvalue weighted by molar-refractivity contribution is -0.169. The van der Waals surface area contributed by atoms with Crippen molar-refractivity contribution in [3.8, 4) is 0 Å². The summed E-state index contributed by atoms with van der Waals surface area (Å²) in [6, 6.07) is 0. The molecule has 2 atom stereocenters. The molecule has 0 bridgehead atoms. The maximum Gasteiger partial charge on any atom is 0.312 e. The molecule has 1 saturated heterocycles. The fourth-order valence-electron chi connectivity index (χ4n) is 2.09. The monoisotopic (exact) mass is 298 g/mol. The second kappa shape index (κ2) is 9.39. The van der Waals surface area contributed by atoms with Crippen LogP contribution < -0.4 is 0 Å². The molecule has 118 valence electrons. The zero-order valence-electron chi connectivity index (χ0n) is 12.1. The minimum atomic E-state index is -0.474. The molecule has 21 heavy (non-hydrogen) atoms. The fourth-order valence-corrected chi connectivity index (χ4v) is 2.09. The number of carbonyl (C=O) groups is 4. The van der Waals surface area contributed by atoms with Gasteiger partial charge in [0.05, 0.1) is 12.5 Å². The van der Waals surface area contributed by atoms with Crippen LogP contribution in [0, 0.1) is 11.8 Å². The summed E-state index contributed by atoms with van der Waals surface area (Å²) in [4.78, 5) is 44.5. The van der Waals surface area contributed by atoms with Crippen molar-refractivity contribution in [1.29, 1.82) is 0 Å². The third-order valence-corrected chi connectivity index (χ3v) is 3.66. The van der Waals surface area contributed by atoms with E-state index in [0.29, 0.717) is 51.4 Å². The largest absolute Gasteiger partial charge is 0.464 e. The predicted molar refractivity (Wildman–Crippen MR) is 73.4 cm³/mol. The van der Waals surface area contributed by atoms with Crippen LogP contribution in [0.3, 0.4) is 0 Å². The zero-order chi connectivity index (χ0) is 15.7. The Morgan fingerprint density at radius 1 is 1.24 bits per heavy atom. The summed E-state index contributed by atoms with van der Waals surface area (Å²) in [5.41, 5.74) is 0. The first kappa shape index (κ1) is 17.5. The number of esters is 1. The van der Waals surface area contributed by atoms with Gasteiger partial charge in [0.2, 0.25) is 0 Å². The Bertz CT molecular complexity index is 370. The van der Waals surface area contributed by atoms with Crippen molar-refractivity contribution in [1.82, 2.24) is 0 Å². The molecule has 0 spiro atoms. The molecule has 0 saturated carbocycles. The first-order valence-electron chi connectivity index (χ1n) is 7.33. The molecule has 2 unspecified atom stereocenters. The lowest BCUT2D eigenvalue weighted by atomic mass is 9.96. The Morgan fingerprint density at radius 3 is 2.38 bits per heavy atom. The van der Waals surface area contributed by atoms with Crippen LogP contribution in [0.5, 0.6) is 0 Å². The Balaban J connectivity index is 2.03. The second-order valence-corrected chi connectivity index (χ2v) is 5.41. The van der Waals surface area contributed by atoms with Gasteiger partial charge in [-0.3, -0.25) is 14.4 Å². The Labute approximate surface area is 123 Å². The van der Waals surface area contributed by atoms with E-state index in [2.05, 4.69) is 4.74 Å². The Kier molecular flexibility index (Phi) is 7.82. The number of hydrogen-bond donors (Lipinski definition) is 1. The molecule has 1 fully saturated rings. The van der Waals surface area contributed by atoms with Gasteiger partial charge >= 0.3 is 5.97 Å². The minimum absolute atomic E-state index is 0.00525. The average molecular weight is 298 g/mol. The van der Waals surface area contributed by atoms with Crippen LogP contribution in [0.4, 0.5) is 0 Å². The van der Waals surface area contributed by atoms with Gasteiger partial charge in [0, 0.05) is 31.6 Å². The third-order valence-electron chi connectivity index (χ3n) is 3.66. The van der Waals surface area contributed by atoms with E-state index in [0.717, 1.165) is 0 Å². The van der Waals surface area contributed by atoms with Gasteiger partial charge in [-0.2, -0.15) is 0 Å². The molecule has 1 rings (SSSR count). The van der Waals surface area contributed by atoms with Gasteiger partial charge in [-0.05, 0) is 19.3 Å².